The van der Waals surface area contributed by atoms with Gasteiger partial charge in [0.15, 0.2) is 5.96 Å². The molecule has 1 aromatic heterocycles. The molecule has 1 atom stereocenters. The predicted molar refractivity (Wildman–Crippen MR) is 117 cm³/mol. The van der Waals surface area contributed by atoms with E-state index in [1.807, 2.05) is 43.0 Å². The standard InChI is InChI=1S/C23H32N4O3/c1-4-24-22(26-16-23(3,29)20-12-11-17(2)30-20)25-14-18-8-5-6-9-19(18)15-27-13-7-10-21(27)28/h5-6,8-9,11-12,29H,4,7,10,13-16H2,1-3H3,(H2,24,25,26). The van der Waals surface area contributed by atoms with E-state index in [1.165, 1.54) is 0 Å². The zero-order chi connectivity index (χ0) is 21.6. The number of aryl methyl sites for hydroxylation is 1. The van der Waals surface area contributed by atoms with Crippen LogP contribution in [0.1, 0.15) is 49.3 Å². The third-order valence-electron chi connectivity index (χ3n) is 5.27. The first-order valence-corrected chi connectivity index (χ1v) is 10.5. The van der Waals surface area contributed by atoms with E-state index in [0.717, 1.165) is 29.9 Å². The largest absolute Gasteiger partial charge is 0.463 e. The number of benzene rings is 1. The van der Waals surface area contributed by atoms with E-state index in [1.54, 1.807) is 13.0 Å². The zero-order valence-corrected chi connectivity index (χ0v) is 18.1. The van der Waals surface area contributed by atoms with Gasteiger partial charge in [-0.05, 0) is 50.5 Å². The highest BCUT2D eigenvalue weighted by Crippen LogP contribution is 2.22. The Morgan fingerprint density at radius 1 is 1.23 bits per heavy atom. The van der Waals surface area contributed by atoms with Gasteiger partial charge in [0.05, 0.1) is 13.1 Å². The molecule has 2 aromatic rings. The van der Waals surface area contributed by atoms with Gasteiger partial charge in [0.2, 0.25) is 5.91 Å². The van der Waals surface area contributed by atoms with Gasteiger partial charge in [-0.2, -0.15) is 0 Å². The van der Waals surface area contributed by atoms with Crippen LogP contribution in [0.2, 0.25) is 0 Å². The molecule has 0 radical (unpaired) electrons. The second kappa shape index (κ2) is 9.80. The Morgan fingerprint density at radius 2 is 2.00 bits per heavy atom. The van der Waals surface area contributed by atoms with Crippen LogP contribution in [0.15, 0.2) is 45.8 Å². The summed E-state index contributed by atoms with van der Waals surface area (Å²) in [4.78, 5) is 18.6. The average molecular weight is 413 g/mol. The Balaban J connectivity index is 1.67. The lowest BCUT2D eigenvalue weighted by Gasteiger charge is -2.23. The summed E-state index contributed by atoms with van der Waals surface area (Å²) in [6, 6.07) is 11.7. The first kappa shape index (κ1) is 21.9. The van der Waals surface area contributed by atoms with E-state index in [-0.39, 0.29) is 12.5 Å². The van der Waals surface area contributed by atoms with Crippen LogP contribution < -0.4 is 10.6 Å². The van der Waals surface area contributed by atoms with Crippen LogP contribution in [-0.2, 0) is 23.5 Å². The lowest BCUT2D eigenvalue weighted by atomic mass is 10.0. The van der Waals surface area contributed by atoms with Crippen LogP contribution in [0.4, 0.5) is 0 Å². The fourth-order valence-electron chi connectivity index (χ4n) is 3.52. The molecule has 1 aliphatic heterocycles. The van der Waals surface area contributed by atoms with Gasteiger partial charge >= 0.3 is 0 Å². The third-order valence-corrected chi connectivity index (χ3v) is 5.27. The number of aliphatic imine (C=N–C) groups is 1. The topological polar surface area (TPSA) is 90.1 Å². The minimum absolute atomic E-state index is 0.221. The normalized spacial score (nSPS) is 16.6. The highest BCUT2D eigenvalue weighted by atomic mass is 16.4. The van der Waals surface area contributed by atoms with Crippen molar-refractivity contribution in [2.45, 2.75) is 52.3 Å². The minimum atomic E-state index is -1.15. The van der Waals surface area contributed by atoms with Gasteiger partial charge in [-0.3, -0.25) is 4.79 Å². The molecule has 0 aliphatic carbocycles. The van der Waals surface area contributed by atoms with Crippen molar-refractivity contribution in [3.63, 3.8) is 0 Å². The quantitative estimate of drug-likeness (QED) is 0.458. The molecule has 1 saturated heterocycles. The Morgan fingerprint density at radius 3 is 2.63 bits per heavy atom. The van der Waals surface area contributed by atoms with Gasteiger partial charge in [-0.15, -0.1) is 0 Å². The number of carbonyl (C=O) groups is 1. The molecule has 3 N–H and O–H groups in total. The van der Waals surface area contributed by atoms with Crippen molar-refractivity contribution in [3.8, 4) is 0 Å². The number of likely N-dealkylation sites (tertiary alicyclic amines) is 1. The maximum atomic E-state index is 12.0. The second-order valence-electron chi connectivity index (χ2n) is 7.92. The van der Waals surface area contributed by atoms with E-state index >= 15 is 0 Å². The van der Waals surface area contributed by atoms with Gasteiger partial charge in [0, 0.05) is 26.1 Å². The predicted octanol–water partition coefficient (Wildman–Crippen LogP) is 2.67. The molecule has 0 saturated carbocycles. The Bertz CT molecular complexity index is 888. The van der Waals surface area contributed by atoms with Gasteiger partial charge in [-0.1, -0.05) is 24.3 Å². The SMILES string of the molecule is CCNC(=NCc1ccccc1CN1CCCC1=O)NCC(C)(O)c1ccc(C)o1. The average Bonchev–Trinajstić information content (AvgIpc) is 3.34. The van der Waals surface area contributed by atoms with Crippen LogP contribution in [0, 0.1) is 6.92 Å². The molecule has 0 spiro atoms. The van der Waals surface area contributed by atoms with Crippen LogP contribution >= 0.6 is 0 Å². The maximum Gasteiger partial charge on any atom is 0.222 e. The summed E-state index contributed by atoms with van der Waals surface area (Å²) in [5, 5.41) is 17.2. The highest BCUT2D eigenvalue weighted by molar-refractivity contribution is 5.80. The van der Waals surface area contributed by atoms with Crippen LogP contribution in [0.3, 0.4) is 0 Å². The van der Waals surface area contributed by atoms with Crippen LogP contribution in [-0.4, -0.2) is 41.5 Å². The second-order valence-corrected chi connectivity index (χ2v) is 7.92. The Kier molecular flexibility index (Phi) is 7.15. The number of furan rings is 1. The molecule has 3 rings (SSSR count). The van der Waals surface area contributed by atoms with Crippen LogP contribution in [0.25, 0.3) is 0 Å². The molecule has 7 nitrogen and oxygen atoms in total. The zero-order valence-electron chi connectivity index (χ0n) is 18.1. The number of rotatable bonds is 8. The molecule has 2 heterocycles. The van der Waals surface area contributed by atoms with Gasteiger partial charge < -0.3 is 25.1 Å². The Hall–Kier alpha value is -2.80. The molecule has 30 heavy (non-hydrogen) atoms. The third kappa shape index (κ3) is 5.63. The fraction of sp³-hybridized carbons (Fsp3) is 0.478. The van der Waals surface area contributed by atoms with Gasteiger partial charge in [0.1, 0.15) is 17.1 Å². The molecule has 0 bridgehead atoms. The number of carbonyl (C=O) groups excluding carboxylic acids is 1. The summed E-state index contributed by atoms with van der Waals surface area (Å²) in [6.45, 7) is 8.46. The first-order chi connectivity index (χ1) is 14.4. The molecule has 1 amide bonds. The summed E-state index contributed by atoms with van der Waals surface area (Å²) in [5.74, 6) is 2.12. The van der Waals surface area contributed by atoms with Crippen molar-refractivity contribution < 1.29 is 14.3 Å². The van der Waals surface area contributed by atoms with Crippen molar-refractivity contribution in [2.24, 2.45) is 4.99 Å². The van der Waals surface area contributed by atoms with Crippen molar-refractivity contribution in [2.75, 3.05) is 19.6 Å². The number of aliphatic hydroxyl groups is 1. The highest BCUT2D eigenvalue weighted by Gasteiger charge is 2.27. The van der Waals surface area contributed by atoms with E-state index in [0.29, 0.717) is 37.8 Å². The summed E-state index contributed by atoms with van der Waals surface area (Å²) in [5.41, 5.74) is 1.05. The summed E-state index contributed by atoms with van der Waals surface area (Å²) < 4.78 is 5.58. The number of amides is 1. The number of guanidine groups is 1. The molecule has 1 aromatic carbocycles. The molecular weight excluding hydrogens is 380 g/mol. The van der Waals surface area contributed by atoms with Gasteiger partial charge in [0.25, 0.3) is 0 Å². The van der Waals surface area contributed by atoms with E-state index in [2.05, 4.69) is 21.7 Å². The Labute approximate surface area is 178 Å². The maximum absolute atomic E-state index is 12.0. The van der Waals surface area contributed by atoms with Crippen molar-refractivity contribution in [1.82, 2.24) is 15.5 Å². The van der Waals surface area contributed by atoms with Gasteiger partial charge in [-0.25, -0.2) is 4.99 Å². The van der Waals surface area contributed by atoms with E-state index < -0.39 is 5.60 Å². The number of hydrogen-bond donors (Lipinski definition) is 3. The molecule has 1 unspecified atom stereocenters. The fourth-order valence-corrected chi connectivity index (χ4v) is 3.52. The minimum Gasteiger partial charge on any atom is -0.463 e. The first-order valence-electron chi connectivity index (χ1n) is 10.5. The number of nitrogens with one attached hydrogen (secondary N) is 2. The number of hydrogen-bond acceptors (Lipinski definition) is 4. The summed E-state index contributed by atoms with van der Waals surface area (Å²) >= 11 is 0. The lowest BCUT2D eigenvalue weighted by molar-refractivity contribution is -0.128. The lowest BCUT2D eigenvalue weighted by Crippen LogP contribution is -2.44. The van der Waals surface area contributed by atoms with Crippen molar-refractivity contribution >= 4 is 11.9 Å². The van der Waals surface area contributed by atoms with Crippen LogP contribution in [0.5, 0.6) is 0 Å². The van der Waals surface area contributed by atoms with E-state index in [9.17, 15) is 9.90 Å². The van der Waals surface area contributed by atoms with E-state index in [4.69, 9.17) is 4.42 Å². The molecule has 7 heteroatoms. The van der Waals surface area contributed by atoms with Crippen molar-refractivity contribution in [3.05, 3.63) is 59.0 Å². The number of nitrogens with zero attached hydrogens (tertiary/aromatic N) is 2. The summed E-state index contributed by atoms with van der Waals surface area (Å²) in [6.07, 6.45) is 1.58. The molecule has 162 valence electrons. The molecular formula is C23H32N4O3. The van der Waals surface area contributed by atoms with Crippen molar-refractivity contribution in [1.29, 1.82) is 0 Å². The monoisotopic (exact) mass is 412 g/mol. The summed E-state index contributed by atoms with van der Waals surface area (Å²) in [7, 11) is 0. The smallest absolute Gasteiger partial charge is 0.222 e. The molecule has 1 aliphatic rings. The molecule has 1 fully saturated rings.